The molecule has 0 saturated heterocycles. The van der Waals surface area contributed by atoms with E-state index in [-0.39, 0.29) is 13.1 Å². The van der Waals surface area contributed by atoms with E-state index in [4.69, 9.17) is 10.8 Å². The van der Waals surface area contributed by atoms with E-state index in [1.807, 2.05) is 30.3 Å². The first kappa shape index (κ1) is 12.6. The summed E-state index contributed by atoms with van der Waals surface area (Å²) >= 11 is 0. The van der Waals surface area contributed by atoms with Crippen LogP contribution in [0.3, 0.4) is 0 Å². The third-order valence-electron chi connectivity index (χ3n) is 2.20. The molecule has 0 amide bonds. The van der Waals surface area contributed by atoms with Crippen LogP contribution in [0.25, 0.3) is 0 Å². The van der Waals surface area contributed by atoms with Crippen molar-refractivity contribution in [2.75, 3.05) is 13.1 Å². The van der Waals surface area contributed by atoms with Crippen LogP contribution in [0, 0.1) is 0 Å². The van der Waals surface area contributed by atoms with Crippen molar-refractivity contribution in [2.45, 2.75) is 12.1 Å². The number of aliphatic hydroxyl groups is 1. The summed E-state index contributed by atoms with van der Waals surface area (Å²) in [5.41, 5.74) is 6.09. The molecule has 0 heterocycles. The Hall–Kier alpha value is -1.43. The molecule has 5 heteroatoms. The molecule has 0 saturated carbocycles. The molecule has 88 valence electrons. The van der Waals surface area contributed by atoms with E-state index in [9.17, 15) is 9.90 Å². The number of rotatable bonds is 6. The highest BCUT2D eigenvalue weighted by atomic mass is 16.4. The number of hydrogen-bond acceptors (Lipinski definition) is 4. The Labute approximate surface area is 93.9 Å². The van der Waals surface area contributed by atoms with E-state index in [1.54, 1.807) is 0 Å². The zero-order valence-corrected chi connectivity index (χ0v) is 8.84. The molecule has 1 aromatic rings. The van der Waals surface area contributed by atoms with Gasteiger partial charge in [0.15, 0.2) is 0 Å². The molecule has 0 radical (unpaired) electrons. The van der Waals surface area contributed by atoms with Crippen LogP contribution in [-0.2, 0) is 4.79 Å². The van der Waals surface area contributed by atoms with Gasteiger partial charge in [-0.15, -0.1) is 0 Å². The monoisotopic (exact) mass is 224 g/mol. The van der Waals surface area contributed by atoms with Crippen LogP contribution in [-0.4, -0.2) is 35.3 Å². The molecule has 1 aromatic carbocycles. The van der Waals surface area contributed by atoms with Gasteiger partial charge < -0.3 is 21.3 Å². The number of aliphatic hydroxyl groups excluding tert-OH is 1. The lowest BCUT2D eigenvalue weighted by molar-refractivity contribution is -0.138. The van der Waals surface area contributed by atoms with E-state index < -0.39 is 18.1 Å². The summed E-state index contributed by atoms with van der Waals surface area (Å²) in [4.78, 5) is 10.4. The predicted molar refractivity (Wildman–Crippen MR) is 59.9 cm³/mol. The average molecular weight is 224 g/mol. The van der Waals surface area contributed by atoms with Crippen LogP contribution < -0.4 is 11.1 Å². The maximum Gasteiger partial charge on any atom is 0.321 e. The highest BCUT2D eigenvalue weighted by Gasteiger charge is 2.12. The molecule has 5 N–H and O–H groups in total. The largest absolute Gasteiger partial charge is 0.480 e. The van der Waals surface area contributed by atoms with Crippen molar-refractivity contribution in [1.29, 1.82) is 0 Å². The van der Waals surface area contributed by atoms with Crippen LogP contribution >= 0.6 is 0 Å². The van der Waals surface area contributed by atoms with E-state index in [2.05, 4.69) is 5.32 Å². The molecule has 0 aromatic heterocycles. The van der Waals surface area contributed by atoms with Crippen LogP contribution in [0.1, 0.15) is 11.7 Å². The van der Waals surface area contributed by atoms with Crippen molar-refractivity contribution >= 4 is 5.97 Å². The van der Waals surface area contributed by atoms with Gasteiger partial charge in [0.2, 0.25) is 0 Å². The number of nitrogens with one attached hydrogen (secondary N) is 1. The molecule has 0 spiro atoms. The Morgan fingerprint density at radius 2 is 1.94 bits per heavy atom. The third-order valence-corrected chi connectivity index (χ3v) is 2.20. The lowest BCUT2D eigenvalue weighted by atomic mass is 10.1. The number of hydrogen-bond donors (Lipinski definition) is 4. The maximum atomic E-state index is 10.4. The normalized spacial score (nSPS) is 14.4. The first-order valence-electron chi connectivity index (χ1n) is 5.03. The molecule has 1 rings (SSSR count). The zero-order chi connectivity index (χ0) is 12.0. The molecule has 16 heavy (non-hydrogen) atoms. The summed E-state index contributed by atoms with van der Waals surface area (Å²) in [6.07, 6.45) is -0.651. The van der Waals surface area contributed by atoms with E-state index in [1.165, 1.54) is 0 Å². The molecule has 0 bridgehead atoms. The number of nitrogens with two attached hydrogens (primary N) is 1. The molecule has 0 aliphatic heterocycles. The quantitative estimate of drug-likeness (QED) is 0.533. The van der Waals surface area contributed by atoms with Crippen molar-refractivity contribution < 1.29 is 15.0 Å². The highest BCUT2D eigenvalue weighted by molar-refractivity contribution is 5.73. The minimum atomic E-state index is -1.05. The fourth-order valence-corrected chi connectivity index (χ4v) is 1.26. The highest BCUT2D eigenvalue weighted by Crippen LogP contribution is 2.10. The molecule has 5 nitrogen and oxygen atoms in total. The lowest BCUT2D eigenvalue weighted by Crippen LogP contribution is -2.41. The van der Waals surface area contributed by atoms with E-state index in [0.29, 0.717) is 0 Å². The van der Waals surface area contributed by atoms with Gasteiger partial charge in [-0.1, -0.05) is 30.3 Å². The second-order valence-corrected chi connectivity index (χ2v) is 3.53. The molecule has 0 aliphatic carbocycles. The first-order valence-corrected chi connectivity index (χ1v) is 5.03. The van der Waals surface area contributed by atoms with Crippen LogP contribution in [0.5, 0.6) is 0 Å². The van der Waals surface area contributed by atoms with Crippen LogP contribution in [0.4, 0.5) is 0 Å². The number of benzene rings is 1. The summed E-state index contributed by atoms with van der Waals surface area (Å²) in [7, 11) is 0. The van der Waals surface area contributed by atoms with Crippen molar-refractivity contribution in [2.24, 2.45) is 5.73 Å². The fraction of sp³-hybridized carbons (Fsp3) is 0.364. The van der Waals surface area contributed by atoms with Gasteiger partial charge in [-0.3, -0.25) is 4.79 Å². The Kier molecular flexibility index (Phi) is 4.91. The number of carboxylic acids is 1. The third kappa shape index (κ3) is 3.98. The van der Waals surface area contributed by atoms with E-state index in [0.717, 1.165) is 5.56 Å². The van der Waals surface area contributed by atoms with Gasteiger partial charge in [0, 0.05) is 13.1 Å². The van der Waals surface area contributed by atoms with Crippen molar-refractivity contribution in [3.63, 3.8) is 0 Å². The Balaban J connectivity index is 2.31. The molecular formula is C11H16N2O3. The molecule has 2 atom stereocenters. The van der Waals surface area contributed by atoms with Crippen molar-refractivity contribution in [3.05, 3.63) is 35.9 Å². The maximum absolute atomic E-state index is 10.4. The number of carboxylic acid groups (broad SMARTS) is 1. The summed E-state index contributed by atoms with van der Waals surface area (Å²) < 4.78 is 0. The van der Waals surface area contributed by atoms with Gasteiger partial charge in [-0.05, 0) is 5.56 Å². The number of aliphatic carboxylic acids is 1. The van der Waals surface area contributed by atoms with Crippen molar-refractivity contribution in [3.8, 4) is 0 Å². The second kappa shape index (κ2) is 6.22. The van der Waals surface area contributed by atoms with Crippen LogP contribution in [0.15, 0.2) is 30.3 Å². The van der Waals surface area contributed by atoms with Gasteiger partial charge in [-0.25, -0.2) is 0 Å². The SMILES string of the molecule is NC(CNCC(O)c1ccccc1)C(=O)O. The fourth-order valence-electron chi connectivity index (χ4n) is 1.26. The van der Waals surface area contributed by atoms with Gasteiger partial charge in [0.05, 0.1) is 6.10 Å². The first-order chi connectivity index (χ1) is 7.61. The van der Waals surface area contributed by atoms with Crippen molar-refractivity contribution in [1.82, 2.24) is 5.32 Å². The Morgan fingerprint density at radius 3 is 2.50 bits per heavy atom. The Morgan fingerprint density at radius 1 is 1.31 bits per heavy atom. The number of carbonyl (C=O) groups is 1. The second-order valence-electron chi connectivity index (χ2n) is 3.53. The van der Waals surface area contributed by atoms with Gasteiger partial charge >= 0.3 is 5.97 Å². The summed E-state index contributed by atoms with van der Waals surface area (Å²) in [5, 5.41) is 21.1. The average Bonchev–Trinajstić information content (AvgIpc) is 2.29. The Bertz CT molecular complexity index is 329. The van der Waals surface area contributed by atoms with Gasteiger partial charge in [0.1, 0.15) is 6.04 Å². The molecule has 2 unspecified atom stereocenters. The predicted octanol–water partition coefficient (Wildman–Crippen LogP) is -0.279. The van der Waals surface area contributed by atoms with Gasteiger partial charge in [-0.2, -0.15) is 0 Å². The zero-order valence-electron chi connectivity index (χ0n) is 8.84. The van der Waals surface area contributed by atoms with Crippen LogP contribution in [0.2, 0.25) is 0 Å². The lowest BCUT2D eigenvalue weighted by Gasteiger charge is -2.13. The smallest absolute Gasteiger partial charge is 0.321 e. The minimum absolute atomic E-state index is 0.138. The van der Waals surface area contributed by atoms with Gasteiger partial charge in [0.25, 0.3) is 0 Å². The summed E-state index contributed by atoms with van der Waals surface area (Å²) in [6.45, 7) is 0.421. The molecule has 0 aliphatic rings. The molecular weight excluding hydrogens is 208 g/mol. The summed E-state index contributed by atoms with van der Waals surface area (Å²) in [5.74, 6) is -1.05. The van der Waals surface area contributed by atoms with E-state index >= 15 is 0 Å². The topological polar surface area (TPSA) is 95.6 Å². The molecule has 0 fully saturated rings. The summed E-state index contributed by atoms with van der Waals surface area (Å²) in [6, 6.07) is 8.21. The standard InChI is InChI=1S/C11H16N2O3/c12-9(11(15)16)6-13-7-10(14)8-4-2-1-3-5-8/h1-5,9-10,13-14H,6-7,12H2,(H,15,16). The minimum Gasteiger partial charge on any atom is -0.480 e.